The van der Waals surface area contributed by atoms with E-state index in [1.165, 1.54) is 43.1 Å². The normalized spacial score (nSPS) is 11.9. The molecule has 0 N–H and O–H groups in total. The van der Waals surface area contributed by atoms with E-state index < -0.39 is 0 Å². The Hall–Kier alpha value is -8.86. The second-order valence-corrected chi connectivity index (χ2v) is 17.3. The van der Waals surface area contributed by atoms with Crippen molar-refractivity contribution in [2.45, 2.75) is 0 Å². The molecule has 0 atom stereocenters. The third-order valence-corrected chi connectivity index (χ3v) is 13.5. The zero-order valence-electron chi connectivity index (χ0n) is 35.7. The highest BCUT2D eigenvalue weighted by molar-refractivity contribution is 6.17. The van der Waals surface area contributed by atoms with Crippen molar-refractivity contribution in [3.63, 3.8) is 0 Å². The lowest BCUT2D eigenvalue weighted by Crippen LogP contribution is -2.11. The molecule has 4 nitrogen and oxygen atoms in total. The summed E-state index contributed by atoms with van der Waals surface area (Å²) in [5, 5.41) is 16.0. The topological polar surface area (TPSA) is 32.8 Å². The Bertz CT molecular complexity index is 3820. The lowest BCUT2D eigenvalue weighted by Gasteiger charge is -2.28. The van der Waals surface area contributed by atoms with E-state index in [2.05, 4.69) is 240 Å². The number of fused-ring (bicyclic) bond motifs is 11. The van der Waals surface area contributed by atoms with Crippen LogP contribution in [0.15, 0.2) is 239 Å². The number of nitrogens with zero attached hydrogens (tertiary/aromatic N) is 2. The van der Waals surface area contributed by atoms with Crippen LogP contribution in [-0.2, 0) is 0 Å². The van der Waals surface area contributed by atoms with Crippen LogP contribution in [0, 0.1) is 0 Å². The molecule has 0 aliphatic carbocycles. The fourth-order valence-corrected chi connectivity index (χ4v) is 10.5. The molecule has 66 heavy (non-hydrogen) atoms. The first-order chi connectivity index (χ1) is 32.7. The quantitative estimate of drug-likeness (QED) is 0.167. The van der Waals surface area contributed by atoms with E-state index in [4.69, 9.17) is 8.83 Å². The van der Waals surface area contributed by atoms with Crippen molar-refractivity contribution in [2.75, 3.05) is 9.80 Å². The maximum atomic E-state index is 6.65. The van der Waals surface area contributed by atoms with Gasteiger partial charge >= 0.3 is 0 Å². The molecule has 0 aliphatic rings. The number of hydrogen-bond donors (Lipinski definition) is 0. The molecular weight excluding hydrogens is 805 g/mol. The summed E-state index contributed by atoms with van der Waals surface area (Å²) in [5.74, 6) is 0. The Kier molecular flexibility index (Phi) is 7.95. The Morgan fingerprint density at radius 1 is 0.212 bits per heavy atom. The van der Waals surface area contributed by atoms with E-state index in [0.29, 0.717) is 0 Å². The summed E-state index contributed by atoms with van der Waals surface area (Å²) in [7, 11) is 0. The van der Waals surface area contributed by atoms with Gasteiger partial charge in [-0.15, -0.1) is 0 Å². The third kappa shape index (κ3) is 5.65. The molecule has 0 amide bonds. The van der Waals surface area contributed by atoms with Crippen LogP contribution in [0.3, 0.4) is 0 Å². The highest BCUT2D eigenvalue weighted by atomic mass is 16.3. The Labute approximate surface area is 379 Å². The molecule has 0 unspecified atom stereocenters. The molecule has 14 aromatic rings. The van der Waals surface area contributed by atoms with Crippen molar-refractivity contribution in [3.8, 4) is 0 Å². The Balaban J connectivity index is 0.955. The summed E-state index contributed by atoms with van der Waals surface area (Å²) in [6.07, 6.45) is 0. The smallest absolute Gasteiger partial charge is 0.136 e. The number of benzene rings is 12. The number of furan rings is 2. The first-order valence-corrected chi connectivity index (χ1v) is 22.5. The molecule has 308 valence electrons. The maximum absolute atomic E-state index is 6.65. The van der Waals surface area contributed by atoms with Crippen molar-refractivity contribution < 1.29 is 8.83 Å². The Morgan fingerprint density at radius 2 is 0.515 bits per heavy atom. The van der Waals surface area contributed by atoms with E-state index in [1.54, 1.807) is 0 Å². The molecule has 0 bridgehead atoms. The third-order valence-electron chi connectivity index (χ3n) is 13.5. The Morgan fingerprint density at radius 3 is 0.879 bits per heavy atom. The lowest BCUT2D eigenvalue weighted by atomic mass is 10.0. The van der Waals surface area contributed by atoms with Crippen LogP contribution < -0.4 is 9.80 Å². The summed E-state index contributed by atoms with van der Waals surface area (Å²) in [6, 6.07) is 82.9. The molecule has 4 heteroatoms. The molecular formula is C62H38N2O2. The standard InChI is InChI=1S/C62H38N2O2/c1-5-21-47-39(13-1)17-9-25-55(47)63(56-26-10-18-40-14-2-6-22-48(40)56)45-29-31-59-53(37-45)51-33-43-34-52-54-38-46(30-32-60(54)66-62(52)36-44(43)35-61(51)65-59)64(57-27-11-19-41-15-3-7-23-49(41)57)58-28-12-20-42-16-4-8-24-50(42)58/h1-38H. The largest absolute Gasteiger partial charge is 0.456 e. The minimum absolute atomic E-state index is 0.843. The van der Waals surface area contributed by atoms with Crippen LogP contribution >= 0.6 is 0 Å². The minimum Gasteiger partial charge on any atom is -0.456 e. The molecule has 14 rings (SSSR count). The van der Waals surface area contributed by atoms with E-state index in [9.17, 15) is 0 Å². The molecule has 12 aromatic carbocycles. The molecule has 0 saturated heterocycles. The van der Waals surface area contributed by atoms with Gasteiger partial charge in [0.05, 0.1) is 22.7 Å². The minimum atomic E-state index is 0.843. The molecule has 2 heterocycles. The molecule has 0 spiro atoms. The summed E-state index contributed by atoms with van der Waals surface area (Å²) in [4.78, 5) is 4.81. The van der Waals surface area contributed by atoms with Crippen LogP contribution in [0.4, 0.5) is 34.1 Å². The second-order valence-electron chi connectivity index (χ2n) is 17.3. The fraction of sp³-hybridized carbons (Fsp3) is 0. The molecule has 0 saturated carbocycles. The van der Waals surface area contributed by atoms with Crippen molar-refractivity contribution in [1.82, 2.24) is 0 Å². The fourth-order valence-electron chi connectivity index (χ4n) is 10.5. The zero-order chi connectivity index (χ0) is 43.3. The summed E-state index contributed by atoms with van der Waals surface area (Å²) in [5.41, 5.74) is 9.98. The van der Waals surface area contributed by atoms with Gasteiger partial charge in [-0.25, -0.2) is 0 Å². The van der Waals surface area contributed by atoms with Gasteiger partial charge in [-0.2, -0.15) is 0 Å². The van der Waals surface area contributed by atoms with Gasteiger partial charge in [0.1, 0.15) is 22.3 Å². The van der Waals surface area contributed by atoms with Crippen LogP contribution in [0.2, 0.25) is 0 Å². The van der Waals surface area contributed by atoms with Crippen molar-refractivity contribution in [2.24, 2.45) is 0 Å². The van der Waals surface area contributed by atoms with Crippen molar-refractivity contribution in [1.29, 1.82) is 0 Å². The number of rotatable bonds is 6. The average molecular weight is 843 g/mol. The lowest BCUT2D eigenvalue weighted by molar-refractivity contribution is 0.668. The van der Waals surface area contributed by atoms with Gasteiger partial charge in [0, 0.05) is 54.5 Å². The van der Waals surface area contributed by atoms with Gasteiger partial charge in [-0.05, 0) is 117 Å². The van der Waals surface area contributed by atoms with Crippen LogP contribution in [0.25, 0.3) is 97.7 Å². The van der Waals surface area contributed by atoms with Gasteiger partial charge in [0.2, 0.25) is 0 Å². The average Bonchev–Trinajstić information content (AvgIpc) is 3.91. The predicted molar refractivity (Wildman–Crippen MR) is 278 cm³/mol. The predicted octanol–water partition coefficient (Wildman–Crippen LogP) is 18.2. The summed E-state index contributed by atoms with van der Waals surface area (Å²) in [6.45, 7) is 0. The van der Waals surface area contributed by atoms with E-state index in [0.717, 1.165) is 88.8 Å². The summed E-state index contributed by atoms with van der Waals surface area (Å²) < 4.78 is 13.3. The van der Waals surface area contributed by atoms with Gasteiger partial charge in [-0.1, -0.05) is 146 Å². The van der Waals surface area contributed by atoms with Crippen LogP contribution in [0.5, 0.6) is 0 Å². The van der Waals surface area contributed by atoms with Gasteiger partial charge < -0.3 is 18.6 Å². The molecule has 0 fully saturated rings. The zero-order valence-corrected chi connectivity index (χ0v) is 35.7. The maximum Gasteiger partial charge on any atom is 0.136 e. The second kappa shape index (κ2) is 14.3. The number of anilines is 6. The van der Waals surface area contributed by atoms with E-state index in [-0.39, 0.29) is 0 Å². The van der Waals surface area contributed by atoms with Gasteiger partial charge in [0.25, 0.3) is 0 Å². The highest BCUT2D eigenvalue weighted by Crippen LogP contribution is 2.47. The van der Waals surface area contributed by atoms with Crippen LogP contribution in [-0.4, -0.2) is 0 Å². The van der Waals surface area contributed by atoms with E-state index >= 15 is 0 Å². The van der Waals surface area contributed by atoms with E-state index in [1.807, 2.05) is 0 Å². The monoisotopic (exact) mass is 842 g/mol. The first-order valence-electron chi connectivity index (χ1n) is 22.5. The SMILES string of the molecule is c1ccc2c(N(c3ccc4oc5cc6cc7oc8ccc(N(c9cccc%10ccccc9%10)c9cccc%10ccccc9%10)cc8c7cc6cc5c4c3)c3cccc4ccccc34)cccc2c1. The number of hydrogen-bond acceptors (Lipinski definition) is 4. The molecule has 0 radical (unpaired) electrons. The van der Waals surface area contributed by atoms with Crippen molar-refractivity contribution >= 4 is 132 Å². The first kappa shape index (κ1) is 36.6. The van der Waals surface area contributed by atoms with Crippen LogP contribution in [0.1, 0.15) is 0 Å². The molecule has 0 aliphatic heterocycles. The van der Waals surface area contributed by atoms with Gasteiger partial charge in [0.15, 0.2) is 0 Å². The molecule has 2 aromatic heterocycles. The van der Waals surface area contributed by atoms with Gasteiger partial charge in [-0.3, -0.25) is 0 Å². The van der Waals surface area contributed by atoms with Crippen molar-refractivity contribution in [3.05, 3.63) is 231 Å². The summed E-state index contributed by atoms with van der Waals surface area (Å²) >= 11 is 0. The highest BCUT2D eigenvalue weighted by Gasteiger charge is 2.22.